The van der Waals surface area contributed by atoms with Gasteiger partial charge in [-0.3, -0.25) is 4.79 Å². The van der Waals surface area contributed by atoms with Crippen molar-refractivity contribution in [2.45, 2.75) is 117 Å². The third-order valence-electron chi connectivity index (χ3n) is 12.0. The summed E-state index contributed by atoms with van der Waals surface area (Å²) < 4.78 is 53.3. The summed E-state index contributed by atoms with van der Waals surface area (Å²) in [5, 5.41) is 10.5. The van der Waals surface area contributed by atoms with Crippen LogP contribution in [0.3, 0.4) is 0 Å². The van der Waals surface area contributed by atoms with Crippen LogP contribution in [-0.4, -0.2) is 35.2 Å². The Kier molecular flexibility index (Phi) is 6.39. The Morgan fingerprint density at radius 3 is 2.33 bits per heavy atom. The van der Waals surface area contributed by atoms with Gasteiger partial charge in [0.15, 0.2) is 0 Å². The number of halogens is 3. The van der Waals surface area contributed by atoms with E-state index in [9.17, 15) is 23.1 Å². The van der Waals surface area contributed by atoms with Crippen LogP contribution in [0.15, 0.2) is 0 Å². The van der Waals surface area contributed by atoms with Crippen LogP contribution in [0, 0.1) is 58.2 Å². The zero-order chi connectivity index (χ0) is 26.4. The summed E-state index contributed by atoms with van der Waals surface area (Å²) in [6.45, 7) is 12.6. The molecule has 4 aliphatic carbocycles. The van der Waals surface area contributed by atoms with Crippen molar-refractivity contribution in [2.24, 2.45) is 58.2 Å². The summed E-state index contributed by atoms with van der Waals surface area (Å²) in [5.41, 5.74) is -0.0389. The van der Waals surface area contributed by atoms with Crippen LogP contribution in [0.1, 0.15) is 92.9 Å². The summed E-state index contributed by atoms with van der Waals surface area (Å²) in [4.78, 5) is 12.4. The molecule has 5 rings (SSSR count). The van der Waals surface area contributed by atoms with Crippen molar-refractivity contribution in [3.8, 4) is 0 Å². The minimum Gasteiger partial charge on any atom is -0.462 e. The first-order valence-electron chi connectivity index (χ1n) is 14.3. The molecule has 0 aromatic carbocycles. The molecule has 1 N–H and O–H groups in total. The smallest absolute Gasteiger partial charge is 0.443 e. The van der Waals surface area contributed by atoms with Crippen molar-refractivity contribution in [3.05, 3.63) is 0 Å². The molecule has 0 bridgehead atoms. The number of ether oxygens (including phenoxy) is 2. The molecule has 5 fully saturated rings. The average molecular weight is 515 g/mol. The van der Waals surface area contributed by atoms with E-state index < -0.39 is 24.5 Å². The summed E-state index contributed by atoms with van der Waals surface area (Å²) in [7, 11) is 0. The predicted molar refractivity (Wildman–Crippen MR) is 130 cm³/mol. The summed E-state index contributed by atoms with van der Waals surface area (Å²) in [6.07, 6.45) is 0.858. The topological polar surface area (TPSA) is 55.8 Å². The fourth-order valence-electron chi connectivity index (χ4n) is 10.7. The molecule has 5 aliphatic rings. The fourth-order valence-corrected chi connectivity index (χ4v) is 10.7. The minimum atomic E-state index is -4.82. The molecule has 7 heteroatoms. The zero-order valence-electron chi connectivity index (χ0n) is 22.7. The number of carbonyl (C=O) groups is 1. The maximum Gasteiger partial charge on any atom is 0.443 e. The SMILES string of the molecule is CC[C@H]1[C@@H](OC(C)=O)C2C3C[C@@H]4OC(O)(C(F)(F)F)C[C@@H](C)[C@@H]4[C@@]3(C)CCC2[C@@]2(C)CC[C@@H](C)C[C@@H]12. The van der Waals surface area contributed by atoms with E-state index in [-0.39, 0.29) is 52.5 Å². The first kappa shape index (κ1) is 26.8. The van der Waals surface area contributed by atoms with E-state index in [2.05, 4.69) is 27.7 Å². The first-order valence-corrected chi connectivity index (χ1v) is 14.3. The highest BCUT2D eigenvalue weighted by Crippen LogP contribution is 2.71. The molecule has 0 radical (unpaired) electrons. The molecule has 0 aromatic heterocycles. The van der Waals surface area contributed by atoms with E-state index in [1.54, 1.807) is 0 Å². The van der Waals surface area contributed by atoms with E-state index in [0.717, 1.165) is 25.7 Å². The van der Waals surface area contributed by atoms with Crippen LogP contribution in [0.25, 0.3) is 0 Å². The Balaban J connectivity index is 1.56. The van der Waals surface area contributed by atoms with Crippen molar-refractivity contribution < 1.29 is 32.5 Å². The van der Waals surface area contributed by atoms with E-state index in [0.29, 0.717) is 24.2 Å². The zero-order valence-corrected chi connectivity index (χ0v) is 22.7. The molecular formula is C29H45F3O4. The van der Waals surface area contributed by atoms with Crippen LogP contribution in [0.2, 0.25) is 0 Å². The third kappa shape index (κ3) is 3.71. The molecule has 36 heavy (non-hydrogen) atoms. The lowest BCUT2D eigenvalue weighted by Crippen LogP contribution is -2.62. The van der Waals surface area contributed by atoms with Gasteiger partial charge >= 0.3 is 12.1 Å². The van der Waals surface area contributed by atoms with Crippen LogP contribution >= 0.6 is 0 Å². The molecule has 206 valence electrons. The number of hydrogen-bond acceptors (Lipinski definition) is 4. The van der Waals surface area contributed by atoms with Crippen molar-refractivity contribution in [2.75, 3.05) is 0 Å². The lowest BCUT2D eigenvalue weighted by Gasteiger charge is -2.65. The minimum absolute atomic E-state index is 0.0407. The molecule has 4 unspecified atom stereocenters. The molecule has 4 nitrogen and oxygen atoms in total. The van der Waals surface area contributed by atoms with Crippen LogP contribution in [-0.2, 0) is 14.3 Å². The van der Waals surface area contributed by atoms with E-state index >= 15 is 0 Å². The van der Waals surface area contributed by atoms with Gasteiger partial charge in [-0.2, -0.15) is 13.2 Å². The third-order valence-corrected chi connectivity index (χ3v) is 12.0. The molecule has 0 spiro atoms. The van der Waals surface area contributed by atoms with E-state index in [4.69, 9.17) is 9.47 Å². The second kappa shape index (κ2) is 8.59. The number of hydrogen-bond donors (Lipinski definition) is 1. The lowest BCUT2D eigenvalue weighted by molar-refractivity contribution is -0.401. The van der Waals surface area contributed by atoms with E-state index in [1.807, 2.05) is 6.92 Å². The molecule has 4 saturated carbocycles. The molecule has 0 aromatic rings. The monoisotopic (exact) mass is 514 g/mol. The number of rotatable bonds is 2. The molecule has 1 saturated heterocycles. The van der Waals surface area contributed by atoms with Crippen LogP contribution in [0.4, 0.5) is 13.2 Å². The second-order valence-electron chi connectivity index (χ2n) is 13.9. The Labute approximate surface area is 214 Å². The van der Waals surface area contributed by atoms with Gasteiger partial charge in [-0.25, -0.2) is 0 Å². The molecule has 1 aliphatic heterocycles. The molecule has 13 atom stereocenters. The Morgan fingerprint density at radius 1 is 1.06 bits per heavy atom. The predicted octanol–water partition coefficient (Wildman–Crippen LogP) is 6.74. The number of esters is 1. The Hall–Kier alpha value is -0.820. The number of fused-ring (bicyclic) bond motifs is 7. The van der Waals surface area contributed by atoms with Crippen molar-refractivity contribution in [1.82, 2.24) is 0 Å². The first-order chi connectivity index (χ1) is 16.7. The quantitative estimate of drug-likeness (QED) is 0.415. The molecule has 0 amide bonds. The number of carbonyl (C=O) groups excluding carboxylic acids is 1. The normalized spacial score (nSPS) is 54.6. The second-order valence-corrected chi connectivity index (χ2v) is 13.9. The van der Waals surface area contributed by atoms with E-state index in [1.165, 1.54) is 19.8 Å². The van der Waals surface area contributed by atoms with Gasteiger partial charge < -0.3 is 14.6 Å². The maximum atomic E-state index is 13.8. The standard InChI is InChI=1S/C29H45F3O4/c1-7-18-20-12-15(2)8-10-26(20,5)19-9-11-27(6)21(23(19)25(18)35-17(4)33)13-22-24(27)16(3)14-28(34,36-22)29(30,31)32/h15-16,18-25,34H,7-14H2,1-6H3/t15-,16-,18-,19?,20+,21?,22+,23?,24+,25-,26-,27+,28?/m1/s1. The fraction of sp³-hybridized carbons (Fsp3) is 0.966. The highest BCUT2D eigenvalue weighted by atomic mass is 19.4. The summed E-state index contributed by atoms with van der Waals surface area (Å²) >= 11 is 0. The molecular weight excluding hydrogens is 469 g/mol. The van der Waals surface area contributed by atoms with Gasteiger partial charge in [-0.05, 0) is 90.8 Å². The Morgan fingerprint density at radius 2 is 1.72 bits per heavy atom. The highest BCUT2D eigenvalue weighted by molar-refractivity contribution is 5.66. The van der Waals surface area contributed by atoms with Crippen molar-refractivity contribution >= 4 is 5.97 Å². The van der Waals surface area contributed by atoms with Crippen LogP contribution < -0.4 is 0 Å². The average Bonchev–Trinajstić information content (AvgIpc) is 3.06. The van der Waals surface area contributed by atoms with Crippen LogP contribution in [0.5, 0.6) is 0 Å². The van der Waals surface area contributed by atoms with Gasteiger partial charge in [0.1, 0.15) is 6.10 Å². The highest BCUT2D eigenvalue weighted by Gasteiger charge is 2.71. The summed E-state index contributed by atoms with van der Waals surface area (Å²) in [5.74, 6) is -1.66. The van der Waals surface area contributed by atoms with Gasteiger partial charge in [0.25, 0.3) is 5.79 Å². The lowest BCUT2D eigenvalue weighted by atomic mass is 9.41. The maximum absolute atomic E-state index is 13.8. The number of aliphatic hydroxyl groups is 1. The Bertz CT molecular complexity index is 877. The van der Waals surface area contributed by atoms with Gasteiger partial charge in [0.05, 0.1) is 6.10 Å². The largest absolute Gasteiger partial charge is 0.462 e. The number of alkyl halides is 3. The van der Waals surface area contributed by atoms with Gasteiger partial charge in [0.2, 0.25) is 0 Å². The molecule has 1 heterocycles. The van der Waals surface area contributed by atoms with Gasteiger partial charge in [-0.1, -0.05) is 41.0 Å². The van der Waals surface area contributed by atoms with Crippen molar-refractivity contribution in [1.29, 1.82) is 0 Å². The van der Waals surface area contributed by atoms with Gasteiger partial charge in [0, 0.05) is 19.3 Å². The van der Waals surface area contributed by atoms with Crippen molar-refractivity contribution in [3.63, 3.8) is 0 Å². The summed E-state index contributed by atoms with van der Waals surface area (Å²) in [6, 6.07) is 0. The van der Waals surface area contributed by atoms with Gasteiger partial charge in [-0.15, -0.1) is 0 Å².